The predicted molar refractivity (Wildman–Crippen MR) is 98.9 cm³/mol. The Hall–Kier alpha value is -2.76. The lowest BCUT2D eigenvalue weighted by Gasteiger charge is -2.23. The van der Waals surface area contributed by atoms with E-state index < -0.39 is 0 Å². The van der Waals surface area contributed by atoms with Crippen LogP contribution in [0.2, 0.25) is 0 Å². The number of methoxy groups -OCH3 is 2. The number of carbonyl (C=O) groups excluding carboxylic acids is 1. The quantitative estimate of drug-likeness (QED) is 0.783. The van der Waals surface area contributed by atoms with Crippen LogP contribution in [0.15, 0.2) is 42.5 Å². The second-order valence-corrected chi connectivity index (χ2v) is 6.29. The Kier molecular flexibility index (Phi) is 6.83. The Morgan fingerprint density at radius 1 is 1.04 bits per heavy atom. The van der Waals surface area contributed by atoms with Crippen LogP contribution in [-0.2, 0) is 6.54 Å². The van der Waals surface area contributed by atoms with Gasteiger partial charge in [-0.05, 0) is 41.3 Å². The topological polar surface area (TPSA) is 59.6 Å². The van der Waals surface area contributed by atoms with Gasteiger partial charge in [-0.2, -0.15) is 0 Å². The fourth-order valence-corrected chi connectivity index (χ4v) is 2.67. The summed E-state index contributed by atoms with van der Waals surface area (Å²) in [5.41, 5.74) is 1.75. The van der Waals surface area contributed by atoms with Crippen molar-refractivity contribution in [1.82, 2.24) is 10.6 Å². The SMILES string of the molecule is COc1ccc(CNC(=O)N[C@@H](c2ccc(F)cc2)C(C)C)cc1OC. The van der Waals surface area contributed by atoms with Crippen LogP contribution in [0, 0.1) is 11.7 Å². The summed E-state index contributed by atoms with van der Waals surface area (Å²) in [6, 6.07) is 11.2. The van der Waals surface area contributed by atoms with Gasteiger partial charge in [-0.15, -0.1) is 0 Å². The molecule has 6 heteroatoms. The lowest BCUT2D eigenvalue weighted by Crippen LogP contribution is -2.39. The molecule has 0 fully saturated rings. The molecule has 0 aliphatic carbocycles. The molecule has 2 aromatic rings. The van der Waals surface area contributed by atoms with E-state index in [1.807, 2.05) is 26.0 Å². The number of rotatable bonds is 7. The summed E-state index contributed by atoms with van der Waals surface area (Å²) in [6.45, 7) is 4.35. The molecule has 0 aromatic heterocycles. The fourth-order valence-electron chi connectivity index (χ4n) is 2.67. The van der Waals surface area contributed by atoms with Crippen LogP contribution in [0.4, 0.5) is 9.18 Å². The van der Waals surface area contributed by atoms with Gasteiger partial charge >= 0.3 is 6.03 Å². The molecular weight excluding hydrogens is 335 g/mol. The van der Waals surface area contributed by atoms with Crippen LogP contribution in [0.1, 0.15) is 31.0 Å². The average Bonchev–Trinajstić information content (AvgIpc) is 2.64. The van der Waals surface area contributed by atoms with Gasteiger partial charge in [0.05, 0.1) is 20.3 Å². The fraction of sp³-hybridized carbons (Fsp3) is 0.350. The zero-order chi connectivity index (χ0) is 19.1. The van der Waals surface area contributed by atoms with Crippen LogP contribution in [0.3, 0.4) is 0 Å². The number of ether oxygens (including phenoxy) is 2. The Labute approximate surface area is 153 Å². The van der Waals surface area contributed by atoms with Crippen molar-refractivity contribution in [3.63, 3.8) is 0 Å². The summed E-state index contributed by atoms with van der Waals surface area (Å²) >= 11 is 0. The minimum absolute atomic E-state index is 0.160. The maximum Gasteiger partial charge on any atom is 0.315 e. The van der Waals surface area contributed by atoms with Crippen molar-refractivity contribution in [2.75, 3.05) is 14.2 Å². The summed E-state index contributed by atoms with van der Waals surface area (Å²) in [6.07, 6.45) is 0. The first-order valence-electron chi connectivity index (χ1n) is 8.45. The van der Waals surface area contributed by atoms with E-state index in [1.54, 1.807) is 32.4 Å². The molecule has 0 saturated heterocycles. The number of urea groups is 1. The molecule has 2 rings (SSSR count). The molecule has 0 bridgehead atoms. The largest absolute Gasteiger partial charge is 0.493 e. The Balaban J connectivity index is 1.99. The minimum atomic E-state index is -0.297. The highest BCUT2D eigenvalue weighted by Crippen LogP contribution is 2.27. The average molecular weight is 360 g/mol. The predicted octanol–water partition coefficient (Wildman–Crippen LogP) is 4.04. The highest BCUT2D eigenvalue weighted by molar-refractivity contribution is 5.74. The third-order valence-corrected chi connectivity index (χ3v) is 4.08. The standard InChI is InChI=1S/C20H25FN2O3/c1-13(2)19(15-6-8-16(21)9-7-15)23-20(24)22-12-14-5-10-17(25-3)18(11-14)26-4/h5-11,13,19H,12H2,1-4H3,(H2,22,23,24)/t19-/m1/s1. The first kappa shape index (κ1) is 19.6. The molecule has 140 valence electrons. The van der Waals surface area contributed by atoms with Gasteiger partial charge in [-0.1, -0.05) is 32.0 Å². The van der Waals surface area contributed by atoms with E-state index in [1.165, 1.54) is 12.1 Å². The van der Waals surface area contributed by atoms with Crippen molar-refractivity contribution in [3.8, 4) is 11.5 Å². The Bertz CT molecular complexity index is 732. The minimum Gasteiger partial charge on any atom is -0.493 e. The smallest absolute Gasteiger partial charge is 0.315 e. The maximum absolute atomic E-state index is 13.1. The van der Waals surface area contributed by atoms with Crippen molar-refractivity contribution < 1.29 is 18.7 Å². The van der Waals surface area contributed by atoms with Crippen molar-refractivity contribution in [3.05, 3.63) is 59.4 Å². The lowest BCUT2D eigenvalue weighted by atomic mass is 9.96. The van der Waals surface area contributed by atoms with Gasteiger partial charge in [-0.3, -0.25) is 0 Å². The van der Waals surface area contributed by atoms with Crippen molar-refractivity contribution in [2.24, 2.45) is 5.92 Å². The number of nitrogens with one attached hydrogen (secondary N) is 2. The van der Waals surface area contributed by atoms with E-state index in [4.69, 9.17) is 9.47 Å². The maximum atomic E-state index is 13.1. The number of hydrogen-bond donors (Lipinski definition) is 2. The summed E-state index contributed by atoms with van der Waals surface area (Å²) < 4.78 is 23.6. The van der Waals surface area contributed by atoms with Crippen LogP contribution in [0.5, 0.6) is 11.5 Å². The number of halogens is 1. The van der Waals surface area contributed by atoms with E-state index in [0.29, 0.717) is 18.0 Å². The van der Waals surface area contributed by atoms with Gasteiger partial charge in [0.2, 0.25) is 0 Å². The third-order valence-electron chi connectivity index (χ3n) is 4.08. The van der Waals surface area contributed by atoms with Crippen LogP contribution in [0.25, 0.3) is 0 Å². The molecule has 0 aliphatic rings. The Morgan fingerprint density at radius 3 is 2.27 bits per heavy atom. The van der Waals surface area contributed by atoms with Gasteiger partial charge < -0.3 is 20.1 Å². The van der Waals surface area contributed by atoms with E-state index in [-0.39, 0.29) is 23.8 Å². The lowest BCUT2D eigenvalue weighted by molar-refractivity contribution is 0.232. The van der Waals surface area contributed by atoms with Crippen LogP contribution < -0.4 is 20.1 Å². The van der Waals surface area contributed by atoms with Crippen LogP contribution in [-0.4, -0.2) is 20.3 Å². The van der Waals surface area contributed by atoms with E-state index in [9.17, 15) is 9.18 Å². The molecule has 2 N–H and O–H groups in total. The van der Waals surface area contributed by atoms with Gasteiger partial charge in [0.1, 0.15) is 5.82 Å². The summed E-state index contributed by atoms with van der Waals surface area (Å²) in [5, 5.41) is 5.78. The van der Waals surface area contributed by atoms with Gasteiger partial charge in [0.15, 0.2) is 11.5 Å². The molecule has 2 aromatic carbocycles. The molecular formula is C20H25FN2O3. The third kappa shape index (κ3) is 5.12. The Morgan fingerprint density at radius 2 is 1.69 bits per heavy atom. The molecule has 0 radical (unpaired) electrons. The van der Waals surface area contributed by atoms with Crippen molar-refractivity contribution in [1.29, 1.82) is 0 Å². The molecule has 0 saturated carbocycles. The molecule has 2 amide bonds. The first-order chi connectivity index (χ1) is 12.4. The van der Waals surface area contributed by atoms with Gasteiger partial charge in [0.25, 0.3) is 0 Å². The normalized spacial score (nSPS) is 11.8. The summed E-state index contributed by atoms with van der Waals surface area (Å²) in [7, 11) is 3.14. The highest BCUT2D eigenvalue weighted by atomic mass is 19.1. The zero-order valence-electron chi connectivity index (χ0n) is 15.5. The highest BCUT2D eigenvalue weighted by Gasteiger charge is 2.18. The molecule has 0 heterocycles. The number of benzene rings is 2. The van der Waals surface area contributed by atoms with Crippen LogP contribution >= 0.6 is 0 Å². The molecule has 0 unspecified atom stereocenters. The van der Waals surface area contributed by atoms with Gasteiger partial charge in [0, 0.05) is 6.54 Å². The number of hydrogen-bond acceptors (Lipinski definition) is 3. The number of carbonyl (C=O) groups is 1. The van der Waals surface area contributed by atoms with E-state index in [0.717, 1.165) is 11.1 Å². The zero-order valence-corrected chi connectivity index (χ0v) is 15.5. The summed E-state index contributed by atoms with van der Waals surface area (Å²) in [4.78, 5) is 12.3. The molecule has 5 nitrogen and oxygen atoms in total. The van der Waals surface area contributed by atoms with Crippen molar-refractivity contribution >= 4 is 6.03 Å². The first-order valence-corrected chi connectivity index (χ1v) is 8.45. The second kappa shape index (κ2) is 9.08. The molecule has 0 spiro atoms. The molecule has 26 heavy (non-hydrogen) atoms. The van der Waals surface area contributed by atoms with Crippen molar-refractivity contribution in [2.45, 2.75) is 26.4 Å². The molecule has 1 atom stereocenters. The van der Waals surface area contributed by atoms with E-state index >= 15 is 0 Å². The molecule has 0 aliphatic heterocycles. The summed E-state index contributed by atoms with van der Waals surface area (Å²) in [5.74, 6) is 1.11. The second-order valence-electron chi connectivity index (χ2n) is 6.29. The number of amides is 2. The van der Waals surface area contributed by atoms with E-state index in [2.05, 4.69) is 10.6 Å². The monoisotopic (exact) mass is 360 g/mol. The van der Waals surface area contributed by atoms with Gasteiger partial charge in [-0.25, -0.2) is 9.18 Å².